The molecule has 0 aliphatic heterocycles. The molecule has 0 aromatic heterocycles. The number of hydrogen-bond donors (Lipinski definition) is 0. The van der Waals surface area contributed by atoms with Gasteiger partial charge in [-0.1, -0.05) is 25.7 Å². The topological polar surface area (TPSA) is 35.5 Å². The van der Waals surface area contributed by atoms with E-state index in [-0.39, 0.29) is 0 Å². The zero-order valence-corrected chi connectivity index (χ0v) is 8.25. The van der Waals surface area contributed by atoms with Crippen LogP contribution in [0.5, 0.6) is 0 Å². The number of rotatable bonds is 4. The van der Waals surface area contributed by atoms with Crippen LogP contribution >= 0.6 is 0 Å². The van der Waals surface area contributed by atoms with Crippen molar-refractivity contribution in [2.75, 3.05) is 13.2 Å². The Bertz CT molecular complexity index is 150. The minimum absolute atomic E-state index is 0.391. The molecule has 1 rings (SSSR count). The van der Waals surface area contributed by atoms with Crippen molar-refractivity contribution in [3.8, 4) is 0 Å². The first kappa shape index (κ1) is 10.4. The molecule has 0 heterocycles. The van der Waals surface area contributed by atoms with E-state index in [2.05, 4.69) is 4.74 Å². The average Bonchev–Trinajstić information content (AvgIpc) is 2.57. The summed E-state index contributed by atoms with van der Waals surface area (Å²) in [5.74, 6) is 0.773. The van der Waals surface area contributed by atoms with Crippen LogP contribution in [0, 0.1) is 5.92 Å². The lowest BCUT2D eigenvalue weighted by atomic mass is 10.1. The van der Waals surface area contributed by atoms with Crippen LogP contribution < -0.4 is 0 Å². The molecule has 0 aromatic carbocycles. The highest BCUT2D eigenvalue weighted by Gasteiger charge is 2.15. The van der Waals surface area contributed by atoms with E-state index < -0.39 is 6.16 Å². The summed E-state index contributed by atoms with van der Waals surface area (Å²) in [5, 5.41) is 0. The highest BCUT2D eigenvalue weighted by atomic mass is 16.7. The maximum absolute atomic E-state index is 10.8. The van der Waals surface area contributed by atoms with Gasteiger partial charge in [0.15, 0.2) is 0 Å². The molecule has 3 nitrogen and oxygen atoms in total. The first-order chi connectivity index (χ1) is 6.33. The summed E-state index contributed by atoms with van der Waals surface area (Å²) in [6.07, 6.45) is 5.74. The van der Waals surface area contributed by atoms with Crippen molar-refractivity contribution in [1.82, 2.24) is 0 Å². The van der Waals surface area contributed by atoms with Gasteiger partial charge in [-0.05, 0) is 19.3 Å². The molecule has 3 heteroatoms. The Labute approximate surface area is 79.4 Å². The van der Waals surface area contributed by atoms with Gasteiger partial charge in [0, 0.05) is 0 Å². The van der Waals surface area contributed by atoms with E-state index in [9.17, 15) is 4.79 Å². The minimum atomic E-state index is -0.527. The van der Waals surface area contributed by atoms with Crippen molar-refractivity contribution in [2.45, 2.75) is 39.0 Å². The SMILES string of the molecule is CCOC(=O)OCCC1CCCC1. The minimum Gasteiger partial charge on any atom is -0.435 e. The molecule has 1 fully saturated rings. The van der Waals surface area contributed by atoms with E-state index in [0.29, 0.717) is 13.2 Å². The Morgan fingerprint density at radius 1 is 1.31 bits per heavy atom. The van der Waals surface area contributed by atoms with Gasteiger partial charge in [0.05, 0.1) is 13.2 Å². The lowest BCUT2D eigenvalue weighted by Crippen LogP contribution is -2.10. The van der Waals surface area contributed by atoms with Crippen molar-refractivity contribution in [3.05, 3.63) is 0 Å². The molecule has 0 spiro atoms. The third-order valence-corrected chi connectivity index (χ3v) is 2.48. The van der Waals surface area contributed by atoms with Crippen LogP contribution in [0.25, 0.3) is 0 Å². The largest absolute Gasteiger partial charge is 0.508 e. The third-order valence-electron chi connectivity index (χ3n) is 2.48. The standard InChI is InChI=1S/C10H18O3/c1-2-12-10(11)13-8-7-9-5-3-4-6-9/h9H,2-8H2,1H3. The van der Waals surface area contributed by atoms with E-state index in [1.165, 1.54) is 25.7 Å². The molecule has 0 amide bonds. The average molecular weight is 186 g/mol. The van der Waals surface area contributed by atoms with Gasteiger partial charge in [-0.25, -0.2) is 4.79 Å². The van der Waals surface area contributed by atoms with Gasteiger partial charge in [-0.3, -0.25) is 0 Å². The molecule has 0 bridgehead atoms. The Kier molecular flexibility index (Phi) is 4.65. The van der Waals surface area contributed by atoms with Gasteiger partial charge in [0.1, 0.15) is 0 Å². The van der Waals surface area contributed by atoms with Gasteiger partial charge in [-0.15, -0.1) is 0 Å². The fraction of sp³-hybridized carbons (Fsp3) is 0.900. The molecule has 0 N–H and O–H groups in total. The van der Waals surface area contributed by atoms with Crippen LogP contribution in [0.1, 0.15) is 39.0 Å². The van der Waals surface area contributed by atoms with Crippen molar-refractivity contribution >= 4 is 6.16 Å². The van der Waals surface area contributed by atoms with Gasteiger partial charge < -0.3 is 9.47 Å². The predicted octanol–water partition coefficient (Wildman–Crippen LogP) is 2.74. The van der Waals surface area contributed by atoms with E-state index in [0.717, 1.165) is 12.3 Å². The van der Waals surface area contributed by atoms with Gasteiger partial charge in [0.2, 0.25) is 0 Å². The maximum Gasteiger partial charge on any atom is 0.508 e. The van der Waals surface area contributed by atoms with Gasteiger partial charge >= 0.3 is 6.16 Å². The number of carbonyl (C=O) groups is 1. The lowest BCUT2D eigenvalue weighted by Gasteiger charge is -2.08. The molecule has 0 aromatic rings. The van der Waals surface area contributed by atoms with Crippen molar-refractivity contribution in [3.63, 3.8) is 0 Å². The third kappa shape index (κ3) is 4.15. The van der Waals surface area contributed by atoms with Crippen molar-refractivity contribution in [2.24, 2.45) is 5.92 Å². The van der Waals surface area contributed by atoms with Crippen molar-refractivity contribution in [1.29, 1.82) is 0 Å². The molecule has 0 saturated heterocycles. The molecular formula is C10H18O3. The number of hydrogen-bond acceptors (Lipinski definition) is 3. The predicted molar refractivity (Wildman–Crippen MR) is 49.5 cm³/mol. The Balaban J connectivity index is 1.96. The summed E-state index contributed by atoms with van der Waals surface area (Å²) in [7, 11) is 0. The maximum atomic E-state index is 10.8. The molecule has 76 valence electrons. The summed E-state index contributed by atoms with van der Waals surface area (Å²) in [5.41, 5.74) is 0. The fourth-order valence-corrected chi connectivity index (χ4v) is 1.77. The molecule has 0 unspecified atom stereocenters. The van der Waals surface area contributed by atoms with E-state index in [1.807, 2.05) is 0 Å². The summed E-state index contributed by atoms with van der Waals surface area (Å²) in [6, 6.07) is 0. The molecular weight excluding hydrogens is 168 g/mol. The first-order valence-electron chi connectivity index (χ1n) is 5.12. The van der Waals surface area contributed by atoms with Gasteiger partial charge in [0.25, 0.3) is 0 Å². The highest BCUT2D eigenvalue weighted by molar-refractivity contribution is 5.59. The normalized spacial score (nSPS) is 17.3. The second-order valence-corrected chi connectivity index (χ2v) is 3.47. The van der Waals surface area contributed by atoms with Crippen LogP contribution in [-0.2, 0) is 9.47 Å². The van der Waals surface area contributed by atoms with Crippen LogP contribution in [-0.4, -0.2) is 19.4 Å². The Morgan fingerprint density at radius 3 is 2.62 bits per heavy atom. The van der Waals surface area contributed by atoms with Crippen LogP contribution in [0.2, 0.25) is 0 Å². The monoisotopic (exact) mass is 186 g/mol. The molecule has 0 radical (unpaired) electrons. The smallest absolute Gasteiger partial charge is 0.435 e. The fourth-order valence-electron chi connectivity index (χ4n) is 1.77. The molecule has 0 atom stereocenters. The Hall–Kier alpha value is -0.730. The Morgan fingerprint density at radius 2 is 2.00 bits per heavy atom. The lowest BCUT2D eigenvalue weighted by molar-refractivity contribution is 0.0553. The summed E-state index contributed by atoms with van der Waals surface area (Å²) in [6.45, 7) is 2.68. The summed E-state index contributed by atoms with van der Waals surface area (Å²) in [4.78, 5) is 10.8. The van der Waals surface area contributed by atoms with E-state index >= 15 is 0 Å². The summed E-state index contributed by atoms with van der Waals surface area (Å²) < 4.78 is 9.53. The van der Waals surface area contributed by atoms with Crippen molar-refractivity contribution < 1.29 is 14.3 Å². The second kappa shape index (κ2) is 5.84. The van der Waals surface area contributed by atoms with Crippen LogP contribution in [0.4, 0.5) is 4.79 Å². The highest BCUT2D eigenvalue weighted by Crippen LogP contribution is 2.27. The first-order valence-corrected chi connectivity index (χ1v) is 5.12. The van der Waals surface area contributed by atoms with E-state index in [1.54, 1.807) is 6.92 Å². The molecule has 1 aliphatic carbocycles. The van der Waals surface area contributed by atoms with Crippen LogP contribution in [0.3, 0.4) is 0 Å². The second-order valence-electron chi connectivity index (χ2n) is 3.47. The van der Waals surface area contributed by atoms with E-state index in [4.69, 9.17) is 4.74 Å². The molecule has 13 heavy (non-hydrogen) atoms. The zero-order valence-electron chi connectivity index (χ0n) is 8.25. The molecule has 1 aliphatic rings. The zero-order chi connectivity index (χ0) is 9.52. The number of ether oxygens (including phenoxy) is 2. The summed E-state index contributed by atoms with van der Waals surface area (Å²) >= 11 is 0. The quantitative estimate of drug-likeness (QED) is 0.633. The number of carbonyl (C=O) groups excluding carboxylic acids is 1. The van der Waals surface area contributed by atoms with Crippen LogP contribution in [0.15, 0.2) is 0 Å². The van der Waals surface area contributed by atoms with Gasteiger partial charge in [-0.2, -0.15) is 0 Å². The molecule has 1 saturated carbocycles.